The number of hydrogen-bond donors (Lipinski definition) is 1. The quantitative estimate of drug-likeness (QED) is 0.840. The van der Waals surface area contributed by atoms with Crippen molar-refractivity contribution in [2.45, 2.75) is 38.3 Å². The van der Waals surface area contributed by atoms with Crippen LogP contribution in [0.1, 0.15) is 31.2 Å². The van der Waals surface area contributed by atoms with Crippen LogP contribution in [0.2, 0.25) is 0 Å². The summed E-state index contributed by atoms with van der Waals surface area (Å²) in [5, 5.41) is 0. The minimum absolute atomic E-state index is 0.594. The molecule has 0 atom stereocenters. The Morgan fingerprint density at radius 3 is 2.72 bits per heavy atom. The number of nitrogens with two attached hydrogens (primary N) is 1. The number of halogens is 1. The molecule has 1 aliphatic rings. The van der Waals surface area contributed by atoms with Gasteiger partial charge in [-0.25, -0.2) is 0 Å². The van der Waals surface area contributed by atoms with Gasteiger partial charge in [-0.2, -0.15) is 0 Å². The number of nitrogens with zero attached hydrogens (tertiary/aromatic N) is 1. The van der Waals surface area contributed by atoms with Crippen LogP contribution in [0.4, 0.5) is 0 Å². The third kappa shape index (κ3) is 4.04. The number of benzene rings is 1. The van der Waals surface area contributed by atoms with Crippen molar-refractivity contribution in [3.63, 3.8) is 0 Å². The second-order valence-corrected chi connectivity index (χ2v) is 6.38. The summed E-state index contributed by atoms with van der Waals surface area (Å²) in [6, 6.07) is 9.10. The molecule has 0 aliphatic heterocycles. The highest BCUT2D eigenvalue weighted by molar-refractivity contribution is 9.10. The molecule has 1 fully saturated rings. The Labute approximate surface area is 123 Å². The van der Waals surface area contributed by atoms with Gasteiger partial charge in [0.2, 0.25) is 0 Å². The Balaban J connectivity index is 2.06. The van der Waals surface area contributed by atoms with Gasteiger partial charge in [0, 0.05) is 23.6 Å². The van der Waals surface area contributed by atoms with Gasteiger partial charge in [-0.15, -0.1) is 0 Å². The first-order valence-electron chi connectivity index (χ1n) is 6.42. The molecule has 0 radical (unpaired) electrons. The van der Waals surface area contributed by atoms with Crippen molar-refractivity contribution in [1.29, 1.82) is 0 Å². The zero-order valence-corrected chi connectivity index (χ0v) is 12.8. The summed E-state index contributed by atoms with van der Waals surface area (Å²) < 4.78 is 1.13. The van der Waals surface area contributed by atoms with E-state index in [1.807, 2.05) is 0 Å². The molecule has 2 nitrogen and oxygen atoms in total. The van der Waals surface area contributed by atoms with E-state index in [0.717, 1.165) is 17.6 Å². The van der Waals surface area contributed by atoms with Crippen LogP contribution in [-0.2, 0) is 6.54 Å². The zero-order valence-electron chi connectivity index (χ0n) is 10.4. The number of rotatable bonds is 5. The molecule has 1 aromatic rings. The summed E-state index contributed by atoms with van der Waals surface area (Å²) in [5.41, 5.74) is 7.04. The van der Waals surface area contributed by atoms with Crippen molar-refractivity contribution in [3.05, 3.63) is 34.3 Å². The summed E-state index contributed by atoms with van der Waals surface area (Å²) in [4.78, 5) is 3.02. The summed E-state index contributed by atoms with van der Waals surface area (Å²) in [6.07, 6.45) is 5.21. The molecule has 18 heavy (non-hydrogen) atoms. The maximum absolute atomic E-state index is 5.73. The van der Waals surface area contributed by atoms with Crippen LogP contribution in [0.3, 0.4) is 0 Å². The van der Waals surface area contributed by atoms with E-state index in [1.54, 1.807) is 0 Å². The number of hydrogen-bond acceptors (Lipinski definition) is 2. The van der Waals surface area contributed by atoms with E-state index in [4.69, 9.17) is 18.0 Å². The monoisotopic (exact) mass is 326 g/mol. The maximum Gasteiger partial charge on any atom is 0.0870 e. The lowest BCUT2D eigenvalue weighted by Gasteiger charge is -2.28. The molecule has 0 heterocycles. The summed E-state index contributed by atoms with van der Waals surface area (Å²) in [6.45, 7) is 1.66. The Bertz CT molecular complexity index is 416. The second-order valence-electron chi connectivity index (χ2n) is 4.94. The molecule has 0 spiro atoms. The van der Waals surface area contributed by atoms with Crippen molar-refractivity contribution in [2.24, 2.45) is 5.73 Å². The van der Waals surface area contributed by atoms with E-state index in [2.05, 4.69) is 45.1 Å². The van der Waals surface area contributed by atoms with Crippen LogP contribution in [-0.4, -0.2) is 22.5 Å². The standard InChI is InChI=1S/C14H19BrN2S/c15-12-5-3-4-11(8-12)9-17(10-14(16)18)13-6-1-2-7-13/h3-5,8,13H,1-2,6-7,9-10H2,(H2,16,18). The molecule has 98 valence electrons. The predicted molar refractivity (Wildman–Crippen MR) is 83.6 cm³/mol. The third-order valence-corrected chi connectivity index (χ3v) is 4.10. The first-order chi connectivity index (χ1) is 8.65. The molecule has 0 unspecified atom stereocenters. The van der Waals surface area contributed by atoms with E-state index in [0.29, 0.717) is 11.0 Å². The highest BCUT2D eigenvalue weighted by Crippen LogP contribution is 2.25. The Morgan fingerprint density at radius 2 is 2.11 bits per heavy atom. The van der Waals surface area contributed by atoms with Crippen LogP contribution in [0, 0.1) is 0 Å². The van der Waals surface area contributed by atoms with Crippen molar-refractivity contribution in [1.82, 2.24) is 4.90 Å². The van der Waals surface area contributed by atoms with E-state index in [1.165, 1.54) is 31.2 Å². The van der Waals surface area contributed by atoms with Crippen LogP contribution in [0.15, 0.2) is 28.7 Å². The zero-order chi connectivity index (χ0) is 13.0. The van der Waals surface area contributed by atoms with Gasteiger partial charge in [0.25, 0.3) is 0 Å². The molecule has 4 heteroatoms. The minimum Gasteiger partial charge on any atom is -0.392 e. The highest BCUT2D eigenvalue weighted by Gasteiger charge is 2.22. The van der Waals surface area contributed by atoms with Gasteiger partial charge in [-0.1, -0.05) is 53.1 Å². The lowest BCUT2D eigenvalue weighted by atomic mass is 10.1. The van der Waals surface area contributed by atoms with E-state index >= 15 is 0 Å². The van der Waals surface area contributed by atoms with Gasteiger partial charge in [-0.05, 0) is 30.5 Å². The molecule has 0 bridgehead atoms. The van der Waals surface area contributed by atoms with Gasteiger partial charge in [0.15, 0.2) is 0 Å². The first kappa shape index (κ1) is 14.0. The second kappa shape index (κ2) is 6.64. The molecule has 0 amide bonds. The topological polar surface area (TPSA) is 29.3 Å². The van der Waals surface area contributed by atoms with Gasteiger partial charge in [0.05, 0.1) is 4.99 Å². The van der Waals surface area contributed by atoms with Crippen LogP contribution in [0.25, 0.3) is 0 Å². The Hall–Kier alpha value is -0.450. The lowest BCUT2D eigenvalue weighted by Crippen LogP contribution is -2.38. The Kier molecular flexibility index (Phi) is 5.15. The lowest BCUT2D eigenvalue weighted by molar-refractivity contribution is 0.219. The molecule has 2 rings (SSSR count). The average molecular weight is 327 g/mol. The molecule has 0 aromatic heterocycles. The van der Waals surface area contributed by atoms with Crippen molar-refractivity contribution >= 4 is 33.1 Å². The van der Waals surface area contributed by atoms with Crippen LogP contribution in [0.5, 0.6) is 0 Å². The molecule has 1 aliphatic carbocycles. The van der Waals surface area contributed by atoms with Gasteiger partial charge in [0.1, 0.15) is 0 Å². The van der Waals surface area contributed by atoms with E-state index < -0.39 is 0 Å². The van der Waals surface area contributed by atoms with Crippen molar-refractivity contribution < 1.29 is 0 Å². The average Bonchev–Trinajstić information content (AvgIpc) is 2.80. The summed E-state index contributed by atoms with van der Waals surface area (Å²) in [5.74, 6) is 0. The number of thiocarbonyl (C=S) groups is 1. The normalized spacial score (nSPS) is 16.3. The molecular formula is C14H19BrN2S. The molecule has 1 saturated carbocycles. The first-order valence-corrected chi connectivity index (χ1v) is 7.62. The van der Waals surface area contributed by atoms with Crippen molar-refractivity contribution in [3.8, 4) is 0 Å². The van der Waals surface area contributed by atoms with E-state index in [-0.39, 0.29) is 0 Å². The largest absolute Gasteiger partial charge is 0.392 e. The fraction of sp³-hybridized carbons (Fsp3) is 0.500. The molecule has 0 saturated heterocycles. The Morgan fingerprint density at radius 1 is 1.39 bits per heavy atom. The molecule has 1 aromatic carbocycles. The van der Waals surface area contributed by atoms with Crippen LogP contribution < -0.4 is 5.73 Å². The van der Waals surface area contributed by atoms with Crippen molar-refractivity contribution in [2.75, 3.05) is 6.54 Å². The fourth-order valence-electron chi connectivity index (χ4n) is 2.65. The summed E-state index contributed by atoms with van der Waals surface area (Å²) in [7, 11) is 0. The smallest absolute Gasteiger partial charge is 0.0870 e. The van der Waals surface area contributed by atoms with Crippen LogP contribution >= 0.6 is 28.1 Å². The SMILES string of the molecule is NC(=S)CN(Cc1cccc(Br)c1)C1CCCC1. The van der Waals surface area contributed by atoms with Gasteiger partial charge in [-0.3, -0.25) is 4.90 Å². The maximum atomic E-state index is 5.73. The molecule has 2 N–H and O–H groups in total. The third-order valence-electron chi connectivity index (χ3n) is 3.47. The highest BCUT2D eigenvalue weighted by atomic mass is 79.9. The summed E-state index contributed by atoms with van der Waals surface area (Å²) >= 11 is 8.59. The minimum atomic E-state index is 0.594. The van der Waals surface area contributed by atoms with Gasteiger partial charge < -0.3 is 5.73 Å². The van der Waals surface area contributed by atoms with Gasteiger partial charge >= 0.3 is 0 Å². The fourth-order valence-corrected chi connectivity index (χ4v) is 3.27. The molecular weight excluding hydrogens is 308 g/mol. The predicted octanol–water partition coefficient (Wildman–Crippen LogP) is 3.48. The van der Waals surface area contributed by atoms with E-state index in [9.17, 15) is 0 Å².